The molecule has 0 radical (unpaired) electrons. The third kappa shape index (κ3) is 2.29. The third-order valence-electron chi connectivity index (χ3n) is 4.06. The van der Waals surface area contributed by atoms with E-state index in [4.69, 9.17) is 5.73 Å². The van der Waals surface area contributed by atoms with E-state index in [-0.39, 0.29) is 0 Å². The van der Waals surface area contributed by atoms with Crippen LogP contribution in [0.4, 0.5) is 0 Å². The van der Waals surface area contributed by atoms with Gasteiger partial charge < -0.3 is 10.8 Å². The van der Waals surface area contributed by atoms with Crippen LogP contribution >= 0.6 is 0 Å². The number of hydrogen-bond donors (Lipinski definition) is 2. The first kappa shape index (κ1) is 12.4. The standard InChI is InChI=1S/C17H19NO/c18-12-17(19,16-10-11-16)15-8-6-14(7-9-15)13-4-2-1-3-5-13/h1-9,16,19H,10-12,18H2. The Balaban J connectivity index is 1.91. The average molecular weight is 253 g/mol. The summed E-state index contributed by atoms with van der Waals surface area (Å²) in [6.07, 6.45) is 2.16. The molecule has 1 aliphatic rings. The highest BCUT2D eigenvalue weighted by Gasteiger charge is 2.43. The summed E-state index contributed by atoms with van der Waals surface area (Å²) in [6, 6.07) is 18.4. The monoisotopic (exact) mass is 253 g/mol. The first-order valence-electron chi connectivity index (χ1n) is 6.82. The summed E-state index contributed by atoms with van der Waals surface area (Å²) in [5, 5.41) is 10.7. The van der Waals surface area contributed by atoms with Crippen molar-refractivity contribution < 1.29 is 5.11 Å². The van der Waals surface area contributed by atoms with Crippen molar-refractivity contribution in [2.75, 3.05) is 6.54 Å². The van der Waals surface area contributed by atoms with Gasteiger partial charge in [0.25, 0.3) is 0 Å². The van der Waals surface area contributed by atoms with Gasteiger partial charge in [0.1, 0.15) is 5.60 Å². The van der Waals surface area contributed by atoms with Gasteiger partial charge in [-0.05, 0) is 35.4 Å². The van der Waals surface area contributed by atoms with Crippen LogP contribution in [0.2, 0.25) is 0 Å². The van der Waals surface area contributed by atoms with Crippen LogP contribution in [-0.4, -0.2) is 11.7 Å². The van der Waals surface area contributed by atoms with Gasteiger partial charge in [-0.2, -0.15) is 0 Å². The molecule has 0 aliphatic heterocycles. The van der Waals surface area contributed by atoms with E-state index in [0.717, 1.165) is 18.4 Å². The second kappa shape index (κ2) is 4.80. The topological polar surface area (TPSA) is 46.2 Å². The SMILES string of the molecule is NCC(O)(c1ccc(-c2ccccc2)cc1)C1CC1. The van der Waals surface area contributed by atoms with Crippen LogP contribution in [0, 0.1) is 5.92 Å². The molecule has 1 atom stereocenters. The van der Waals surface area contributed by atoms with Crippen LogP contribution in [0.25, 0.3) is 11.1 Å². The first-order valence-corrected chi connectivity index (χ1v) is 6.82. The van der Waals surface area contributed by atoms with Crippen LogP contribution in [0.1, 0.15) is 18.4 Å². The zero-order valence-corrected chi connectivity index (χ0v) is 10.9. The number of aliphatic hydroxyl groups is 1. The third-order valence-corrected chi connectivity index (χ3v) is 4.06. The lowest BCUT2D eigenvalue weighted by Crippen LogP contribution is -2.37. The highest BCUT2D eigenvalue weighted by molar-refractivity contribution is 5.63. The Kier molecular flexibility index (Phi) is 3.13. The lowest BCUT2D eigenvalue weighted by Gasteiger charge is -2.27. The quantitative estimate of drug-likeness (QED) is 0.880. The van der Waals surface area contributed by atoms with Crippen LogP contribution < -0.4 is 5.73 Å². The molecule has 1 fully saturated rings. The molecule has 0 saturated heterocycles. The van der Waals surface area contributed by atoms with E-state index in [1.54, 1.807) is 0 Å². The van der Waals surface area contributed by atoms with Crippen molar-refractivity contribution in [3.63, 3.8) is 0 Å². The molecular formula is C17H19NO. The fourth-order valence-electron chi connectivity index (χ4n) is 2.66. The molecule has 3 N–H and O–H groups in total. The van der Waals surface area contributed by atoms with E-state index in [9.17, 15) is 5.11 Å². The van der Waals surface area contributed by atoms with E-state index in [0.29, 0.717) is 12.5 Å². The maximum absolute atomic E-state index is 10.7. The van der Waals surface area contributed by atoms with Gasteiger partial charge in [-0.1, -0.05) is 54.6 Å². The van der Waals surface area contributed by atoms with Crippen molar-refractivity contribution >= 4 is 0 Å². The molecular weight excluding hydrogens is 234 g/mol. The lowest BCUT2D eigenvalue weighted by atomic mass is 9.88. The molecule has 3 rings (SSSR count). The maximum atomic E-state index is 10.7. The van der Waals surface area contributed by atoms with Gasteiger partial charge in [0.2, 0.25) is 0 Å². The Bertz CT molecular complexity index is 545. The van der Waals surface area contributed by atoms with Gasteiger partial charge >= 0.3 is 0 Å². The fourth-order valence-corrected chi connectivity index (χ4v) is 2.66. The zero-order valence-electron chi connectivity index (χ0n) is 10.9. The van der Waals surface area contributed by atoms with Gasteiger partial charge in [-0.15, -0.1) is 0 Å². The van der Waals surface area contributed by atoms with Crippen LogP contribution in [0.15, 0.2) is 54.6 Å². The summed E-state index contributed by atoms with van der Waals surface area (Å²) in [5.74, 6) is 0.333. The smallest absolute Gasteiger partial charge is 0.105 e. The molecule has 0 spiro atoms. The molecule has 19 heavy (non-hydrogen) atoms. The summed E-state index contributed by atoms with van der Waals surface area (Å²) in [5.41, 5.74) is 8.24. The Morgan fingerprint density at radius 3 is 2.05 bits per heavy atom. The highest BCUT2D eigenvalue weighted by Crippen LogP contribution is 2.45. The Labute approximate surface area is 113 Å². The van der Waals surface area contributed by atoms with E-state index in [1.165, 1.54) is 11.1 Å². The second-order valence-electron chi connectivity index (χ2n) is 5.35. The molecule has 0 bridgehead atoms. The molecule has 1 aliphatic carbocycles. The van der Waals surface area contributed by atoms with E-state index < -0.39 is 5.60 Å². The average Bonchev–Trinajstić information content (AvgIpc) is 3.33. The van der Waals surface area contributed by atoms with Crippen LogP contribution in [0.3, 0.4) is 0 Å². The van der Waals surface area contributed by atoms with Gasteiger partial charge in [0, 0.05) is 6.54 Å². The Hall–Kier alpha value is -1.64. The van der Waals surface area contributed by atoms with Crippen molar-refractivity contribution in [2.45, 2.75) is 18.4 Å². The van der Waals surface area contributed by atoms with E-state index >= 15 is 0 Å². The summed E-state index contributed by atoms with van der Waals surface area (Å²) in [7, 11) is 0. The Morgan fingerprint density at radius 1 is 0.947 bits per heavy atom. The van der Waals surface area contributed by atoms with E-state index in [2.05, 4.69) is 24.3 Å². The fraction of sp³-hybridized carbons (Fsp3) is 0.294. The lowest BCUT2D eigenvalue weighted by molar-refractivity contribution is 0.0222. The van der Waals surface area contributed by atoms with E-state index in [1.807, 2.05) is 30.3 Å². The largest absolute Gasteiger partial charge is 0.384 e. The van der Waals surface area contributed by atoms with Gasteiger partial charge in [-0.25, -0.2) is 0 Å². The molecule has 2 aromatic rings. The Morgan fingerprint density at radius 2 is 1.53 bits per heavy atom. The predicted octanol–water partition coefficient (Wildman–Crippen LogP) is 2.91. The number of rotatable bonds is 4. The minimum Gasteiger partial charge on any atom is -0.384 e. The number of hydrogen-bond acceptors (Lipinski definition) is 2. The molecule has 1 saturated carbocycles. The van der Waals surface area contributed by atoms with Crippen molar-refractivity contribution in [1.29, 1.82) is 0 Å². The van der Waals surface area contributed by atoms with Crippen molar-refractivity contribution in [1.82, 2.24) is 0 Å². The van der Waals surface area contributed by atoms with Gasteiger partial charge in [-0.3, -0.25) is 0 Å². The highest BCUT2D eigenvalue weighted by atomic mass is 16.3. The molecule has 0 amide bonds. The van der Waals surface area contributed by atoms with Crippen molar-refractivity contribution in [3.8, 4) is 11.1 Å². The summed E-state index contributed by atoms with van der Waals surface area (Å²) < 4.78 is 0. The number of benzene rings is 2. The molecule has 1 unspecified atom stereocenters. The first-order chi connectivity index (χ1) is 9.24. The zero-order chi connectivity index (χ0) is 13.3. The molecule has 2 heteroatoms. The maximum Gasteiger partial charge on any atom is 0.105 e. The van der Waals surface area contributed by atoms with Crippen LogP contribution in [-0.2, 0) is 5.60 Å². The molecule has 98 valence electrons. The minimum absolute atomic E-state index is 0.294. The molecule has 0 aromatic heterocycles. The summed E-state index contributed by atoms with van der Waals surface area (Å²) in [6.45, 7) is 0.294. The van der Waals surface area contributed by atoms with Gasteiger partial charge in [0.05, 0.1) is 0 Å². The number of nitrogens with two attached hydrogens (primary N) is 1. The van der Waals surface area contributed by atoms with Crippen molar-refractivity contribution in [3.05, 3.63) is 60.2 Å². The minimum atomic E-state index is -0.838. The van der Waals surface area contributed by atoms with Crippen molar-refractivity contribution in [2.24, 2.45) is 11.7 Å². The predicted molar refractivity (Wildman–Crippen MR) is 77.6 cm³/mol. The summed E-state index contributed by atoms with van der Waals surface area (Å²) in [4.78, 5) is 0. The molecule has 2 nitrogen and oxygen atoms in total. The van der Waals surface area contributed by atoms with Gasteiger partial charge in [0.15, 0.2) is 0 Å². The second-order valence-corrected chi connectivity index (χ2v) is 5.35. The molecule has 0 heterocycles. The summed E-state index contributed by atoms with van der Waals surface area (Å²) >= 11 is 0. The normalized spacial score (nSPS) is 18.0. The van der Waals surface area contributed by atoms with Crippen LogP contribution in [0.5, 0.6) is 0 Å². The molecule has 2 aromatic carbocycles.